The quantitative estimate of drug-likeness (QED) is 0.899. The average molecular weight is 338 g/mol. The zero-order valence-corrected chi connectivity index (χ0v) is 12.7. The van der Waals surface area contributed by atoms with Crippen molar-refractivity contribution in [2.75, 3.05) is 0 Å². The van der Waals surface area contributed by atoms with E-state index in [4.69, 9.17) is 0 Å². The van der Waals surface area contributed by atoms with Crippen LogP contribution in [0.15, 0.2) is 42.7 Å². The predicted molar refractivity (Wildman–Crippen MR) is 80.0 cm³/mol. The summed E-state index contributed by atoms with van der Waals surface area (Å²) in [6.45, 7) is 0. The van der Waals surface area contributed by atoms with Crippen LogP contribution in [0.1, 0.15) is 42.3 Å². The second-order valence-corrected chi connectivity index (χ2v) is 6.24. The standard InChI is InChI=1S/C17H17F3N2O2/c18-17(19,20)11-4-6-22-15(7-11)16(8-12(23)9-16)10-14(24)13-3-1-2-5-21-13/h1-7,12,14,23-24H,8-10H2. The predicted octanol–water partition coefficient (Wildman–Crippen LogP) is 3.01. The lowest BCUT2D eigenvalue weighted by Gasteiger charge is -2.46. The Kier molecular flexibility index (Phi) is 4.31. The number of nitrogens with zero attached hydrogens (tertiary/aromatic N) is 2. The first-order valence-electron chi connectivity index (χ1n) is 7.61. The molecule has 1 fully saturated rings. The Morgan fingerprint density at radius 1 is 1.17 bits per heavy atom. The summed E-state index contributed by atoms with van der Waals surface area (Å²) in [4.78, 5) is 8.16. The number of aliphatic hydroxyl groups is 2. The van der Waals surface area contributed by atoms with Crippen LogP contribution in [0.2, 0.25) is 0 Å². The van der Waals surface area contributed by atoms with E-state index in [0.29, 0.717) is 5.69 Å². The van der Waals surface area contributed by atoms with Gasteiger partial charge in [0.2, 0.25) is 0 Å². The van der Waals surface area contributed by atoms with Gasteiger partial charge in [0, 0.05) is 23.5 Å². The lowest BCUT2D eigenvalue weighted by Crippen LogP contribution is -2.46. The first-order valence-corrected chi connectivity index (χ1v) is 7.61. The molecular weight excluding hydrogens is 321 g/mol. The van der Waals surface area contributed by atoms with Crippen molar-refractivity contribution in [3.05, 3.63) is 59.7 Å². The van der Waals surface area contributed by atoms with Gasteiger partial charge in [0.25, 0.3) is 0 Å². The third-order valence-electron chi connectivity index (χ3n) is 4.50. The van der Waals surface area contributed by atoms with Crippen molar-refractivity contribution in [2.24, 2.45) is 0 Å². The topological polar surface area (TPSA) is 66.2 Å². The third kappa shape index (κ3) is 3.27. The Balaban J connectivity index is 1.89. The van der Waals surface area contributed by atoms with Gasteiger partial charge in [-0.1, -0.05) is 6.07 Å². The Labute approximate surface area is 137 Å². The smallest absolute Gasteiger partial charge is 0.393 e. The Morgan fingerprint density at radius 2 is 1.92 bits per heavy atom. The summed E-state index contributed by atoms with van der Waals surface area (Å²) < 4.78 is 38.8. The van der Waals surface area contributed by atoms with Gasteiger partial charge in [-0.2, -0.15) is 13.2 Å². The molecule has 4 nitrogen and oxygen atoms in total. The molecule has 2 N–H and O–H groups in total. The van der Waals surface area contributed by atoms with E-state index in [9.17, 15) is 23.4 Å². The molecule has 3 rings (SSSR count). The van der Waals surface area contributed by atoms with E-state index in [1.807, 2.05) is 0 Å². The van der Waals surface area contributed by atoms with E-state index in [-0.39, 0.29) is 25.0 Å². The molecule has 2 aromatic rings. The van der Waals surface area contributed by atoms with Crippen molar-refractivity contribution in [3.63, 3.8) is 0 Å². The van der Waals surface area contributed by atoms with Gasteiger partial charge in [0.1, 0.15) is 0 Å². The van der Waals surface area contributed by atoms with Crippen LogP contribution in [0.4, 0.5) is 13.2 Å². The first kappa shape index (κ1) is 16.9. The molecule has 1 atom stereocenters. The molecule has 128 valence electrons. The number of aromatic nitrogens is 2. The summed E-state index contributed by atoms with van der Waals surface area (Å²) in [5.74, 6) is 0. The highest BCUT2D eigenvalue weighted by Gasteiger charge is 2.48. The minimum absolute atomic E-state index is 0.162. The number of hydrogen-bond donors (Lipinski definition) is 2. The van der Waals surface area contributed by atoms with Gasteiger partial charge >= 0.3 is 6.18 Å². The molecule has 0 aliphatic heterocycles. The number of pyridine rings is 2. The molecule has 1 aliphatic rings. The summed E-state index contributed by atoms with van der Waals surface area (Å²) in [6, 6.07) is 7.04. The first-order chi connectivity index (χ1) is 11.3. The summed E-state index contributed by atoms with van der Waals surface area (Å²) in [6.07, 6.45) is -2.62. The average Bonchev–Trinajstić information content (AvgIpc) is 2.53. The molecule has 7 heteroatoms. The maximum atomic E-state index is 12.9. The fourth-order valence-corrected chi connectivity index (χ4v) is 3.27. The fourth-order valence-electron chi connectivity index (χ4n) is 3.27. The van der Waals surface area contributed by atoms with Crippen molar-refractivity contribution < 1.29 is 23.4 Å². The molecule has 0 radical (unpaired) electrons. The third-order valence-corrected chi connectivity index (χ3v) is 4.50. The van der Waals surface area contributed by atoms with Gasteiger partial charge in [0.05, 0.1) is 23.5 Å². The van der Waals surface area contributed by atoms with Crippen LogP contribution in [-0.2, 0) is 11.6 Å². The van der Waals surface area contributed by atoms with E-state index < -0.39 is 29.4 Å². The molecule has 0 saturated heterocycles. The molecule has 1 saturated carbocycles. The molecule has 2 aromatic heterocycles. The van der Waals surface area contributed by atoms with E-state index in [1.165, 1.54) is 0 Å². The van der Waals surface area contributed by atoms with E-state index in [0.717, 1.165) is 18.3 Å². The summed E-state index contributed by atoms with van der Waals surface area (Å²) in [7, 11) is 0. The zero-order chi connectivity index (χ0) is 17.4. The number of halogens is 3. The monoisotopic (exact) mass is 338 g/mol. The minimum atomic E-state index is -4.46. The van der Waals surface area contributed by atoms with Crippen molar-refractivity contribution in [3.8, 4) is 0 Å². The second kappa shape index (κ2) is 6.14. The van der Waals surface area contributed by atoms with Gasteiger partial charge in [-0.05, 0) is 43.5 Å². The Morgan fingerprint density at radius 3 is 2.50 bits per heavy atom. The molecular formula is C17H17F3N2O2. The molecule has 0 bridgehead atoms. The molecule has 0 spiro atoms. The summed E-state index contributed by atoms with van der Waals surface area (Å²) >= 11 is 0. The highest BCUT2D eigenvalue weighted by molar-refractivity contribution is 5.29. The van der Waals surface area contributed by atoms with Crippen LogP contribution in [0.25, 0.3) is 0 Å². The minimum Gasteiger partial charge on any atom is -0.393 e. The van der Waals surface area contributed by atoms with E-state index in [1.54, 1.807) is 24.4 Å². The summed E-state index contributed by atoms with van der Waals surface area (Å²) in [5.41, 5.74) is -0.860. The molecule has 0 aromatic carbocycles. The lowest BCUT2D eigenvalue weighted by molar-refractivity contribution is -0.137. The van der Waals surface area contributed by atoms with Crippen LogP contribution < -0.4 is 0 Å². The molecule has 24 heavy (non-hydrogen) atoms. The van der Waals surface area contributed by atoms with Gasteiger partial charge < -0.3 is 10.2 Å². The van der Waals surface area contributed by atoms with Gasteiger partial charge in [-0.3, -0.25) is 9.97 Å². The molecule has 1 unspecified atom stereocenters. The Bertz CT molecular complexity index is 700. The van der Waals surface area contributed by atoms with Gasteiger partial charge in [-0.25, -0.2) is 0 Å². The maximum absolute atomic E-state index is 12.9. The summed E-state index contributed by atoms with van der Waals surface area (Å²) in [5, 5.41) is 20.1. The van der Waals surface area contributed by atoms with Crippen LogP contribution in [-0.4, -0.2) is 26.3 Å². The highest BCUT2D eigenvalue weighted by Crippen LogP contribution is 2.49. The zero-order valence-electron chi connectivity index (χ0n) is 12.7. The SMILES string of the molecule is OC1CC(CC(O)c2ccccn2)(c2cc(C(F)(F)F)ccn2)C1. The maximum Gasteiger partial charge on any atom is 0.416 e. The van der Waals surface area contributed by atoms with Gasteiger partial charge in [0.15, 0.2) is 0 Å². The molecule has 0 amide bonds. The highest BCUT2D eigenvalue weighted by atomic mass is 19.4. The Hall–Kier alpha value is -1.99. The van der Waals surface area contributed by atoms with Crippen LogP contribution in [0.3, 0.4) is 0 Å². The van der Waals surface area contributed by atoms with Gasteiger partial charge in [-0.15, -0.1) is 0 Å². The van der Waals surface area contributed by atoms with Crippen LogP contribution in [0.5, 0.6) is 0 Å². The second-order valence-electron chi connectivity index (χ2n) is 6.24. The van der Waals surface area contributed by atoms with Crippen molar-refractivity contribution >= 4 is 0 Å². The van der Waals surface area contributed by atoms with E-state index >= 15 is 0 Å². The fraction of sp³-hybridized carbons (Fsp3) is 0.412. The van der Waals surface area contributed by atoms with Crippen molar-refractivity contribution in [2.45, 2.75) is 43.1 Å². The van der Waals surface area contributed by atoms with Crippen molar-refractivity contribution in [1.82, 2.24) is 9.97 Å². The van der Waals surface area contributed by atoms with Crippen LogP contribution >= 0.6 is 0 Å². The molecule has 2 heterocycles. The lowest BCUT2D eigenvalue weighted by atomic mass is 9.61. The number of hydrogen-bond acceptors (Lipinski definition) is 4. The van der Waals surface area contributed by atoms with Crippen molar-refractivity contribution in [1.29, 1.82) is 0 Å². The number of aliphatic hydroxyl groups excluding tert-OH is 2. The van der Waals surface area contributed by atoms with E-state index in [2.05, 4.69) is 9.97 Å². The van der Waals surface area contributed by atoms with Crippen LogP contribution in [0, 0.1) is 0 Å². The number of rotatable bonds is 4. The normalized spacial score (nSPS) is 25.1. The largest absolute Gasteiger partial charge is 0.416 e. The molecule has 1 aliphatic carbocycles. The number of alkyl halides is 3.